The highest BCUT2D eigenvalue weighted by molar-refractivity contribution is 7.22. The van der Waals surface area contributed by atoms with Crippen molar-refractivity contribution in [2.45, 2.75) is 0 Å². The first-order valence-corrected chi connectivity index (χ1v) is 11.4. The number of hydrogen-bond acceptors (Lipinski definition) is 7. The number of oxazole rings is 1. The lowest BCUT2D eigenvalue weighted by atomic mass is 10.0. The molecule has 35 heavy (non-hydrogen) atoms. The monoisotopic (exact) mass is 485 g/mol. The van der Waals surface area contributed by atoms with Crippen LogP contribution >= 0.6 is 11.3 Å². The number of rotatable bonds is 8. The summed E-state index contributed by atoms with van der Waals surface area (Å²) in [4.78, 5) is 29.0. The van der Waals surface area contributed by atoms with E-state index >= 15 is 0 Å². The third-order valence-electron chi connectivity index (χ3n) is 5.40. The number of aromatic nitrogens is 1. The number of ketones is 1. The van der Waals surface area contributed by atoms with Gasteiger partial charge in [-0.25, -0.2) is 9.78 Å². The zero-order valence-corrected chi connectivity index (χ0v) is 19.4. The van der Waals surface area contributed by atoms with Crippen LogP contribution in [0.3, 0.4) is 0 Å². The molecule has 0 fully saturated rings. The highest BCUT2D eigenvalue weighted by Crippen LogP contribution is 2.41. The minimum absolute atomic E-state index is 0.244. The number of fused-ring (bicyclic) bond motifs is 2. The van der Waals surface area contributed by atoms with Crippen molar-refractivity contribution in [1.29, 1.82) is 0 Å². The number of carbonyl (C=O) groups is 2. The van der Waals surface area contributed by atoms with Gasteiger partial charge < -0.3 is 19.0 Å². The van der Waals surface area contributed by atoms with Crippen molar-refractivity contribution in [2.24, 2.45) is 0 Å². The summed E-state index contributed by atoms with van der Waals surface area (Å²) < 4.78 is 17.5. The van der Waals surface area contributed by atoms with Gasteiger partial charge in [0.05, 0.1) is 7.11 Å². The molecular formula is C27H19NO6S. The molecule has 0 unspecified atom stereocenters. The van der Waals surface area contributed by atoms with E-state index in [1.807, 2.05) is 30.3 Å². The van der Waals surface area contributed by atoms with Crippen molar-refractivity contribution < 1.29 is 28.6 Å². The molecule has 0 amide bonds. The number of nitrogens with zero attached hydrogens (tertiary/aromatic N) is 1. The molecule has 0 atom stereocenters. The quantitative estimate of drug-likeness (QED) is 0.210. The van der Waals surface area contributed by atoms with Gasteiger partial charge in [-0.1, -0.05) is 18.2 Å². The normalized spacial score (nSPS) is 11.3. The van der Waals surface area contributed by atoms with Gasteiger partial charge in [-0.15, -0.1) is 11.3 Å². The lowest BCUT2D eigenvalue weighted by Crippen LogP contribution is -2.10. The standard InChI is InChI=1S/C27H19NO6S/c1-32-23-13-22(33-14-27(30)31)17(10-19(23)26-12-18-4-2-3-5-25(18)35-26)7-9-21(29)16-6-8-20-24(11-16)34-15-28-20/h2-13,15H,14H2,1H3,(H,30,31)/b9-7+. The zero-order chi connectivity index (χ0) is 24.4. The molecule has 8 heteroatoms. The van der Waals surface area contributed by atoms with Gasteiger partial charge >= 0.3 is 5.97 Å². The lowest BCUT2D eigenvalue weighted by Gasteiger charge is -2.13. The maximum absolute atomic E-state index is 12.8. The largest absolute Gasteiger partial charge is 0.496 e. The highest BCUT2D eigenvalue weighted by Gasteiger charge is 2.16. The fourth-order valence-electron chi connectivity index (χ4n) is 3.72. The molecule has 5 rings (SSSR count). The maximum Gasteiger partial charge on any atom is 0.341 e. The summed E-state index contributed by atoms with van der Waals surface area (Å²) in [6.45, 7) is -0.525. The third kappa shape index (κ3) is 4.64. The van der Waals surface area contributed by atoms with Gasteiger partial charge in [-0.3, -0.25) is 4.79 Å². The fourth-order valence-corrected chi connectivity index (χ4v) is 4.80. The van der Waals surface area contributed by atoms with Crippen LogP contribution < -0.4 is 9.47 Å². The van der Waals surface area contributed by atoms with E-state index in [0.29, 0.717) is 33.7 Å². The number of carboxylic acid groups (broad SMARTS) is 1. The number of benzene rings is 3. The molecule has 0 aliphatic heterocycles. The number of ether oxygens (including phenoxy) is 2. The average molecular weight is 486 g/mol. The summed E-state index contributed by atoms with van der Waals surface area (Å²) in [6.07, 6.45) is 4.36. The van der Waals surface area contributed by atoms with Crippen molar-refractivity contribution in [2.75, 3.05) is 13.7 Å². The molecule has 3 aromatic carbocycles. The van der Waals surface area contributed by atoms with Crippen LogP contribution in [0, 0.1) is 0 Å². The summed E-state index contributed by atoms with van der Waals surface area (Å²) in [6, 6.07) is 18.6. The number of aliphatic carboxylic acids is 1. The second kappa shape index (κ2) is 9.44. The van der Waals surface area contributed by atoms with E-state index in [-0.39, 0.29) is 5.78 Å². The van der Waals surface area contributed by atoms with E-state index in [9.17, 15) is 9.59 Å². The topological polar surface area (TPSA) is 98.9 Å². The molecule has 0 bridgehead atoms. The second-order valence-corrected chi connectivity index (χ2v) is 8.74. The van der Waals surface area contributed by atoms with Crippen LogP contribution in [-0.4, -0.2) is 35.6 Å². The summed E-state index contributed by atoms with van der Waals surface area (Å²) in [5.74, 6) is -0.518. The first kappa shape index (κ1) is 22.4. The van der Waals surface area contributed by atoms with Crippen molar-refractivity contribution in [1.82, 2.24) is 4.98 Å². The third-order valence-corrected chi connectivity index (χ3v) is 6.55. The number of allylic oxidation sites excluding steroid dienone is 1. The lowest BCUT2D eigenvalue weighted by molar-refractivity contribution is -0.139. The van der Waals surface area contributed by atoms with E-state index < -0.39 is 12.6 Å². The van der Waals surface area contributed by atoms with Gasteiger partial charge in [0, 0.05) is 32.3 Å². The highest BCUT2D eigenvalue weighted by atomic mass is 32.1. The molecule has 0 aliphatic carbocycles. The Kier molecular flexibility index (Phi) is 6.03. The van der Waals surface area contributed by atoms with Crippen LogP contribution in [-0.2, 0) is 4.79 Å². The zero-order valence-electron chi connectivity index (χ0n) is 18.6. The Balaban J connectivity index is 1.55. The first-order valence-electron chi connectivity index (χ1n) is 10.6. The Hall–Kier alpha value is -4.43. The molecule has 174 valence electrons. The van der Waals surface area contributed by atoms with Gasteiger partial charge in [-0.05, 0) is 53.9 Å². The minimum atomic E-state index is -1.11. The maximum atomic E-state index is 12.8. The first-order chi connectivity index (χ1) is 17.0. The van der Waals surface area contributed by atoms with E-state index in [0.717, 1.165) is 20.5 Å². The van der Waals surface area contributed by atoms with E-state index in [4.69, 9.17) is 19.0 Å². The predicted octanol–water partition coefficient (Wildman–Crippen LogP) is 6.08. The van der Waals surface area contributed by atoms with Crippen molar-refractivity contribution in [3.8, 4) is 21.9 Å². The smallest absolute Gasteiger partial charge is 0.341 e. The van der Waals surface area contributed by atoms with Crippen LogP contribution in [0.5, 0.6) is 11.5 Å². The molecule has 2 aromatic heterocycles. The molecule has 7 nitrogen and oxygen atoms in total. The van der Waals surface area contributed by atoms with E-state index in [2.05, 4.69) is 11.1 Å². The number of thiophene rings is 1. The summed E-state index contributed by atoms with van der Waals surface area (Å²) in [5.41, 5.74) is 2.99. The van der Waals surface area contributed by atoms with Gasteiger partial charge in [-0.2, -0.15) is 0 Å². The van der Waals surface area contributed by atoms with Gasteiger partial charge in [0.2, 0.25) is 0 Å². The van der Waals surface area contributed by atoms with Crippen LogP contribution in [0.2, 0.25) is 0 Å². The summed E-state index contributed by atoms with van der Waals surface area (Å²) >= 11 is 1.61. The van der Waals surface area contributed by atoms with E-state index in [1.165, 1.54) is 12.5 Å². The second-order valence-electron chi connectivity index (χ2n) is 7.65. The van der Waals surface area contributed by atoms with E-state index in [1.54, 1.807) is 48.8 Å². The molecule has 1 N–H and O–H groups in total. The SMILES string of the molecule is COc1cc(OCC(=O)O)c(/C=C/C(=O)c2ccc3ncoc3c2)cc1-c1cc2ccccc2s1. The Morgan fingerprint density at radius 1 is 1.09 bits per heavy atom. The molecule has 0 spiro atoms. The Morgan fingerprint density at radius 3 is 2.74 bits per heavy atom. The number of methoxy groups -OCH3 is 1. The molecule has 0 saturated heterocycles. The van der Waals surface area contributed by atoms with Crippen molar-refractivity contribution in [3.05, 3.63) is 84.3 Å². The number of carboxylic acids is 1. The molecule has 0 radical (unpaired) electrons. The molecule has 0 saturated carbocycles. The van der Waals surface area contributed by atoms with Gasteiger partial charge in [0.15, 0.2) is 24.4 Å². The average Bonchev–Trinajstić information content (AvgIpc) is 3.52. The Morgan fingerprint density at radius 2 is 1.94 bits per heavy atom. The van der Waals surface area contributed by atoms with Crippen LogP contribution in [0.1, 0.15) is 15.9 Å². The Labute approximate surface area is 203 Å². The molecular weight excluding hydrogens is 466 g/mol. The molecule has 2 heterocycles. The molecule has 5 aromatic rings. The van der Waals surface area contributed by atoms with Gasteiger partial charge in [0.25, 0.3) is 0 Å². The van der Waals surface area contributed by atoms with Gasteiger partial charge in [0.1, 0.15) is 17.0 Å². The number of hydrogen-bond donors (Lipinski definition) is 1. The predicted molar refractivity (Wildman–Crippen MR) is 134 cm³/mol. The van der Waals surface area contributed by atoms with Crippen LogP contribution in [0.25, 0.3) is 37.7 Å². The van der Waals surface area contributed by atoms with Crippen molar-refractivity contribution in [3.63, 3.8) is 0 Å². The summed E-state index contributed by atoms with van der Waals surface area (Å²) in [5, 5.41) is 10.2. The van der Waals surface area contributed by atoms with Crippen molar-refractivity contribution >= 4 is 50.4 Å². The van der Waals surface area contributed by atoms with Crippen LogP contribution in [0.15, 0.2) is 77.6 Å². The number of carbonyl (C=O) groups excluding carboxylic acids is 1. The summed E-state index contributed by atoms with van der Waals surface area (Å²) in [7, 11) is 1.55. The Bertz CT molecular complexity index is 1560. The molecule has 0 aliphatic rings. The fraction of sp³-hybridized carbons (Fsp3) is 0.0741. The van der Waals surface area contributed by atoms with Crippen LogP contribution in [0.4, 0.5) is 0 Å². The minimum Gasteiger partial charge on any atom is -0.496 e.